The fraction of sp³-hybridized carbons (Fsp3) is 0. The Balaban J connectivity index is 2.37. The molecule has 0 saturated carbocycles. The second-order valence-electron chi connectivity index (χ2n) is 2.85. The maximum absolute atomic E-state index is 10.4. The molecule has 72 valence electrons. The number of rotatable bonds is 2. The van der Waals surface area contributed by atoms with Gasteiger partial charge in [-0.1, -0.05) is 0 Å². The third-order valence-electron chi connectivity index (χ3n) is 1.89. The van der Waals surface area contributed by atoms with Crippen LogP contribution in [-0.2, 0) is 0 Å². The first-order chi connectivity index (χ1) is 7.33. The molecule has 0 amide bonds. The van der Waals surface area contributed by atoms with E-state index in [2.05, 4.69) is 15.2 Å². The van der Waals surface area contributed by atoms with Gasteiger partial charge in [-0.25, -0.2) is 4.98 Å². The molecule has 0 atom stereocenters. The predicted octanol–water partition coefficient (Wildman–Crippen LogP) is 1.16. The van der Waals surface area contributed by atoms with E-state index in [1.54, 1.807) is 24.3 Å². The molecule has 1 heterocycles. The Morgan fingerprint density at radius 1 is 1.33 bits per heavy atom. The molecule has 0 bridgehead atoms. The summed E-state index contributed by atoms with van der Waals surface area (Å²) in [6.45, 7) is 0. The summed E-state index contributed by atoms with van der Waals surface area (Å²) in [6, 6.07) is 8.83. The lowest BCUT2D eigenvalue weighted by Crippen LogP contribution is -1.82. The average molecular weight is 198 g/mol. The van der Waals surface area contributed by atoms with Crippen molar-refractivity contribution in [2.24, 2.45) is 0 Å². The van der Waals surface area contributed by atoms with Crippen LogP contribution in [0.3, 0.4) is 0 Å². The number of hydrogen-bond donors (Lipinski definition) is 1. The summed E-state index contributed by atoms with van der Waals surface area (Å²) < 4.78 is 0. The number of nitriles is 1. The Morgan fingerprint density at radius 2 is 2.07 bits per heavy atom. The Morgan fingerprint density at radius 3 is 2.60 bits per heavy atom. The normalized spacial score (nSPS) is 9.53. The van der Waals surface area contributed by atoms with Gasteiger partial charge in [0.25, 0.3) is 0 Å². The summed E-state index contributed by atoms with van der Waals surface area (Å²) in [5.74, 6) is 0.635. The number of carbonyl (C=O) groups excluding carboxylic acids is 1. The van der Waals surface area contributed by atoms with E-state index in [0.717, 1.165) is 5.56 Å². The Kier molecular flexibility index (Phi) is 2.25. The van der Waals surface area contributed by atoms with Crippen LogP contribution >= 0.6 is 0 Å². The molecule has 0 saturated heterocycles. The minimum Gasteiger partial charge on any atom is -0.294 e. The van der Waals surface area contributed by atoms with Gasteiger partial charge in [-0.2, -0.15) is 10.4 Å². The van der Waals surface area contributed by atoms with Crippen LogP contribution in [0.2, 0.25) is 0 Å². The molecule has 1 aromatic heterocycles. The van der Waals surface area contributed by atoms with Gasteiger partial charge in [0.15, 0.2) is 17.9 Å². The highest BCUT2D eigenvalue weighted by molar-refractivity contribution is 5.70. The highest BCUT2D eigenvalue weighted by atomic mass is 16.1. The molecular weight excluding hydrogens is 192 g/mol. The standard InChI is InChI=1S/C10H6N4O/c11-5-7-1-3-8(4-2-7)10-12-9(6-15)13-14-10/h1-4,6H,(H,12,13,14). The molecule has 0 radical (unpaired) electrons. The van der Waals surface area contributed by atoms with Crippen LogP contribution < -0.4 is 0 Å². The van der Waals surface area contributed by atoms with Gasteiger partial charge >= 0.3 is 0 Å². The second kappa shape index (κ2) is 3.72. The van der Waals surface area contributed by atoms with Crippen LogP contribution in [0.25, 0.3) is 11.4 Å². The zero-order chi connectivity index (χ0) is 10.7. The van der Waals surface area contributed by atoms with Gasteiger partial charge < -0.3 is 0 Å². The Bertz CT molecular complexity index is 521. The van der Waals surface area contributed by atoms with E-state index < -0.39 is 0 Å². The highest BCUT2D eigenvalue weighted by Crippen LogP contribution is 2.14. The minimum atomic E-state index is 0.189. The van der Waals surface area contributed by atoms with Gasteiger partial charge in [0.2, 0.25) is 0 Å². The van der Waals surface area contributed by atoms with Gasteiger partial charge in [-0.15, -0.1) is 0 Å². The number of aromatic amines is 1. The average Bonchev–Trinajstić information content (AvgIpc) is 2.78. The lowest BCUT2D eigenvalue weighted by atomic mass is 10.1. The molecule has 0 aliphatic carbocycles. The quantitative estimate of drug-likeness (QED) is 0.734. The third kappa shape index (κ3) is 1.74. The predicted molar refractivity (Wildman–Crippen MR) is 51.9 cm³/mol. The molecule has 0 unspecified atom stereocenters. The molecule has 1 aromatic carbocycles. The van der Waals surface area contributed by atoms with Crippen molar-refractivity contribution in [3.63, 3.8) is 0 Å². The van der Waals surface area contributed by atoms with E-state index in [1.807, 2.05) is 6.07 Å². The number of nitrogens with one attached hydrogen (secondary N) is 1. The first-order valence-electron chi connectivity index (χ1n) is 4.21. The van der Waals surface area contributed by atoms with Crippen LogP contribution in [0.4, 0.5) is 0 Å². The lowest BCUT2D eigenvalue weighted by Gasteiger charge is -1.93. The van der Waals surface area contributed by atoms with Gasteiger partial charge in [0.1, 0.15) is 0 Å². The fourth-order valence-corrected chi connectivity index (χ4v) is 1.15. The molecule has 0 aliphatic heterocycles. The van der Waals surface area contributed by atoms with Crippen molar-refractivity contribution >= 4 is 6.29 Å². The SMILES string of the molecule is N#Cc1ccc(-c2n[nH]c(C=O)n2)cc1. The van der Waals surface area contributed by atoms with Crippen molar-refractivity contribution in [2.45, 2.75) is 0 Å². The van der Waals surface area contributed by atoms with Crippen molar-refractivity contribution in [1.29, 1.82) is 5.26 Å². The first-order valence-corrected chi connectivity index (χ1v) is 4.21. The van der Waals surface area contributed by atoms with Crippen molar-refractivity contribution in [2.75, 3.05) is 0 Å². The number of carbonyl (C=O) groups is 1. The van der Waals surface area contributed by atoms with Gasteiger partial charge in [0.05, 0.1) is 11.6 Å². The van der Waals surface area contributed by atoms with Gasteiger partial charge in [0, 0.05) is 5.56 Å². The summed E-state index contributed by atoms with van der Waals surface area (Å²) in [4.78, 5) is 14.3. The van der Waals surface area contributed by atoms with E-state index in [4.69, 9.17) is 5.26 Å². The van der Waals surface area contributed by atoms with Gasteiger partial charge in [-0.3, -0.25) is 9.89 Å². The summed E-state index contributed by atoms with van der Waals surface area (Å²) in [7, 11) is 0. The maximum Gasteiger partial charge on any atom is 0.189 e. The van der Waals surface area contributed by atoms with E-state index in [1.165, 1.54) is 0 Å². The van der Waals surface area contributed by atoms with Crippen molar-refractivity contribution in [3.8, 4) is 17.5 Å². The second-order valence-corrected chi connectivity index (χ2v) is 2.85. The molecule has 15 heavy (non-hydrogen) atoms. The number of benzene rings is 1. The first kappa shape index (κ1) is 9.09. The fourth-order valence-electron chi connectivity index (χ4n) is 1.15. The number of hydrogen-bond acceptors (Lipinski definition) is 4. The van der Waals surface area contributed by atoms with E-state index in [-0.39, 0.29) is 5.82 Å². The van der Waals surface area contributed by atoms with Crippen molar-refractivity contribution in [1.82, 2.24) is 15.2 Å². The molecule has 1 N–H and O–H groups in total. The Hall–Kier alpha value is -2.48. The van der Waals surface area contributed by atoms with E-state index in [9.17, 15) is 4.79 Å². The summed E-state index contributed by atoms with van der Waals surface area (Å²) in [6.07, 6.45) is 0.597. The smallest absolute Gasteiger partial charge is 0.189 e. The van der Waals surface area contributed by atoms with Crippen LogP contribution in [-0.4, -0.2) is 21.5 Å². The molecule has 0 aliphatic rings. The molecule has 5 nitrogen and oxygen atoms in total. The van der Waals surface area contributed by atoms with Crippen molar-refractivity contribution < 1.29 is 4.79 Å². The van der Waals surface area contributed by atoms with Crippen LogP contribution in [0.15, 0.2) is 24.3 Å². The largest absolute Gasteiger partial charge is 0.294 e. The maximum atomic E-state index is 10.4. The molecule has 0 spiro atoms. The number of nitrogens with zero attached hydrogens (tertiary/aromatic N) is 3. The number of aromatic nitrogens is 3. The zero-order valence-corrected chi connectivity index (χ0v) is 7.64. The molecule has 2 aromatic rings. The molecule has 2 rings (SSSR count). The summed E-state index contributed by atoms with van der Waals surface area (Å²) in [5.41, 5.74) is 1.34. The topological polar surface area (TPSA) is 82.4 Å². The van der Waals surface area contributed by atoms with Crippen LogP contribution in [0, 0.1) is 11.3 Å². The van der Waals surface area contributed by atoms with Crippen LogP contribution in [0.1, 0.15) is 16.2 Å². The minimum absolute atomic E-state index is 0.189. The third-order valence-corrected chi connectivity index (χ3v) is 1.89. The summed E-state index contributed by atoms with van der Waals surface area (Å²) in [5, 5.41) is 15.0. The van der Waals surface area contributed by atoms with Gasteiger partial charge in [-0.05, 0) is 24.3 Å². The van der Waals surface area contributed by atoms with E-state index in [0.29, 0.717) is 17.7 Å². The lowest BCUT2D eigenvalue weighted by molar-refractivity contribution is 0.111. The monoisotopic (exact) mass is 198 g/mol. The molecule has 0 fully saturated rings. The van der Waals surface area contributed by atoms with Crippen LogP contribution in [0.5, 0.6) is 0 Å². The number of H-pyrrole nitrogens is 1. The zero-order valence-electron chi connectivity index (χ0n) is 7.64. The highest BCUT2D eigenvalue weighted by Gasteiger charge is 2.04. The number of aldehydes is 1. The molecule has 5 heteroatoms. The molecular formula is C10H6N4O. The Labute approximate surface area is 85.4 Å². The summed E-state index contributed by atoms with van der Waals surface area (Å²) >= 11 is 0. The van der Waals surface area contributed by atoms with Crippen molar-refractivity contribution in [3.05, 3.63) is 35.7 Å². The van der Waals surface area contributed by atoms with E-state index >= 15 is 0 Å².